The Bertz CT molecular complexity index is 495. The molecule has 28 heavy (non-hydrogen) atoms. The van der Waals surface area contributed by atoms with E-state index in [1.807, 2.05) is 11.5 Å². The van der Waals surface area contributed by atoms with E-state index in [4.69, 9.17) is 0 Å². The lowest BCUT2D eigenvalue weighted by molar-refractivity contribution is -0.137. The van der Waals surface area contributed by atoms with Crippen LogP contribution in [0.3, 0.4) is 0 Å². The first-order valence-corrected chi connectivity index (χ1v) is 11.5. The summed E-state index contributed by atoms with van der Waals surface area (Å²) in [5.41, 5.74) is -0.826. The fraction of sp³-hybridized carbons (Fsp3) is 0.773. The summed E-state index contributed by atoms with van der Waals surface area (Å²) in [6.07, 6.45) is 9.71. The summed E-state index contributed by atoms with van der Waals surface area (Å²) in [6, 6.07) is 0. The number of unbranched alkanes of at least 4 members (excludes halogenated alkanes) is 1. The molecule has 1 aliphatic rings. The molecule has 1 fully saturated rings. The molecule has 162 valence electrons. The smallest absolute Gasteiger partial charge is 0.315 e. The van der Waals surface area contributed by atoms with E-state index in [0.717, 1.165) is 44.9 Å². The van der Waals surface area contributed by atoms with Crippen LogP contribution in [0.1, 0.15) is 64.7 Å². The summed E-state index contributed by atoms with van der Waals surface area (Å²) < 4.78 is 4.59. The first-order valence-electron chi connectivity index (χ1n) is 10.4. The monoisotopic (exact) mass is 414 g/mol. The molecule has 0 amide bonds. The van der Waals surface area contributed by atoms with E-state index in [9.17, 15) is 20.1 Å². The van der Waals surface area contributed by atoms with E-state index >= 15 is 0 Å². The van der Waals surface area contributed by atoms with Crippen LogP contribution < -0.4 is 0 Å². The zero-order chi connectivity index (χ0) is 21.0. The van der Waals surface area contributed by atoms with Crippen molar-refractivity contribution in [2.75, 3.05) is 12.9 Å². The van der Waals surface area contributed by atoms with Gasteiger partial charge in [0, 0.05) is 0 Å². The summed E-state index contributed by atoms with van der Waals surface area (Å²) in [4.78, 5) is 11.1. The van der Waals surface area contributed by atoms with Crippen LogP contribution in [0.2, 0.25) is 0 Å². The number of hydrogen-bond acceptors (Lipinski definition) is 6. The van der Waals surface area contributed by atoms with Crippen LogP contribution in [-0.4, -0.2) is 52.0 Å². The second-order valence-corrected chi connectivity index (χ2v) is 8.73. The van der Waals surface area contributed by atoms with Gasteiger partial charge in [-0.15, -0.1) is 18.3 Å². The zero-order valence-electron chi connectivity index (χ0n) is 17.4. The average Bonchev–Trinajstić information content (AvgIpc) is 2.95. The number of thioether (sulfide) groups is 1. The van der Waals surface area contributed by atoms with Gasteiger partial charge in [-0.05, 0) is 62.2 Å². The number of esters is 1. The van der Waals surface area contributed by atoms with Crippen molar-refractivity contribution in [1.82, 2.24) is 0 Å². The molecule has 6 heteroatoms. The van der Waals surface area contributed by atoms with Gasteiger partial charge >= 0.3 is 5.97 Å². The SMILES string of the molecule is C=CC(O)(CCCC)CCC[C@@H]1[C@@H](CCC=CSCC(=O)OC)[C@H](O)C[C@H]1O. The van der Waals surface area contributed by atoms with E-state index in [1.165, 1.54) is 18.9 Å². The molecule has 0 aromatic heterocycles. The van der Waals surface area contributed by atoms with Crippen LogP contribution in [-0.2, 0) is 9.53 Å². The first-order chi connectivity index (χ1) is 13.4. The average molecular weight is 415 g/mol. The molecule has 0 spiro atoms. The number of carbonyl (C=O) groups is 1. The molecular formula is C22H38O5S. The van der Waals surface area contributed by atoms with Crippen molar-refractivity contribution < 1.29 is 24.9 Å². The van der Waals surface area contributed by atoms with Crippen molar-refractivity contribution >= 4 is 17.7 Å². The highest BCUT2D eigenvalue weighted by Gasteiger charge is 2.40. The number of hydrogen-bond donors (Lipinski definition) is 3. The van der Waals surface area contributed by atoms with Crippen molar-refractivity contribution in [2.45, 2.75) is 82.5 Å². The molecular weight excluding hydrogens is 376 g/mol. The Morgan fingerprint density at radius 2 is 1.86 bits per heavy atom. The van der Waals surface area contributed by atoms with Crippen molar-refractivity contribution in [3.05, 3.63) is 24.1 Å². The van der Waals surface area contributed by atoms with Gasteiger partial charge in [0.2, 0.25) is 0 Å². The van der Waals surface area contributed by atoms with Gasteiger partial charge in [-0.1, -0.05) is 31.9 Å². The highest BCUT2D eigenvalue weighted by molar-refractivity contribution is 8.02. The van der Waals surface area contributed by atoms with Gasteiger partial charge < -0.3 is 20.1 Å². The van der Waals surface area contributed by atoms with Crippen molar-refractivity contribution in [3.8, 4) is 0 Å². The second kappa shape index (κ2) is 13.4. The fourth-order valence-corrected chi connectivity index (χ4v) is 4.66. The van der Waals surface area contributed by atoms with Crippen LogP contribution in [0, 0.1) is 11.8 Å². The number of allylic oxidation sites excluding steroid dienone is 1. The molecule has 0 aromatic carbocycles. The van der Waals surface area contributed by atoms with Crippen molar-refractivity contribution in [1.29, 1.82) is 0 Å². The molecule has 0 aliphatic heterocycles. The highest BCUT2D eigenvalue weighted by Crippen LogP contribution is 2.39. The summed E-state index contributed by atoms with van der Waals surface area (Å²) in [7, 11) is 1.37. The fourth-order valence-electron chi connectivity index (χ4n) is 4.04. The molecule has 1 unspecified atom stereocenters. The van der Waals surface area contributed by atoms with Crippen molar-refractivity contribution in [2.24, 2.45) is 11.8 Å². The van der Waals surface area contributed by atoms with E-state index in [0.29, 0.717) is 18.6 Å². The molecule has 0 bridgehead atoms. The van der Waals surface area contributed by atoms with Gasteiger partial charge in [0.05, 0.1) is 30.7 Å². The molecule has 1 rings (SSSR count). The summed E-state index contributed by atoms with van der Waals surface area (Å²) >= 11 is 1.39. The third-order valence-corrected chi connectivity index (χ3v) is 6.59. The Morgan fingerprint density at radius 3 is 2.46 bits per heavy atom. The number of ether oxygens (including phenoxy) is 1. The number of methoxy groups -OCH3 is 1. The maximum Gasteiger partial charge on any atom is 0.315 e. The lowest BCUT2D eigenvalue weighted by atomic mass is 9.83. The van der Waals surface area contributed by atoms with E-state index in [-0.39, 0.29) is 17.8 Å². The molecule has 0 heterocycles. The molecule has 0 saturated heterocycles. The van der Waals surface area contributed by atoms with Crippen molar-refractivity contribution in [3.63, 3.8) is 0 Å². The topological polar surface area (TPSA) is 87.0 Å². The van der Waals surface area contributed by atoms with Gasteiger partial charge in [-0.3, -0.25) is 4.79 Å². The third kappa shape index (κ3) is 8.68. The van der Waals surface area contributed by atoms with Gasteiger partial charge in [-0.25, -0.2) is 0 Å². The zero-order valence-corrected chi connectivity index (χ0v) is 18.2. The molecule has 1 saturated carbocycles. The van der Waals surface area contributed by atoms with Crippen LogP contribution in [0.4, 0.5) is 0 Å². The Labute approximate surface area is 174 Å². The number of rotatable bonds is 14. The standard InChI is InChI=1S/C22H38O5S/c1-4-6-12-22(26,5-2)13-9-11-18-17(19(23)15-20(18)24)10-7-8-14-28-16-21(25)27-3/h5,8,14,17-20,23-24,26H,2,4,6-7,9-13,15-16H2,1,3H3/t17-,18-,19-,20-,22?/m1/s1. The largest absolute Gasteiger partial charge is 0.468 e. The number of aliphatic hydroxyl groups is 3. The molecule has 0 radical (unpaired) electrons. The van der Waals surface area contributed by atoms with Crippen LogP contribution in [0.5, 0.6) is 0 Å². The van der Waals surface area contributed by atoms with Crippen LogP contribution in [0.25, 0.3) is 0 Å². The molecule has 5 atom stereocenters. The Hall–Kier alpha value is -0.820. The molecule has 1 aliphatic carbocycles. The molecule has 3 N–H and O–H groups in total. The van der Waals surface area contributed by atoms with E-state index in [1.54, 1.807) is 6.08 Å². The minimum absolute atomic E-state index is 0.0614. The highest BCUT2D eigenvalue weighted by atomic mass is 32.2. The minimum atomic E-state index is -0.826. The quantitative estimate of drug-likeness (QED) is 0.296. The number of aliphatic hydroxyl groups excluding tert-OH is 2. The summed E-state index contributed by atoms with van der Waals surface area (Å²) in [6.45, 7) is 5.89. The second-order valence-electron chi connectivity index (χ2n) is 7.84. The lowest BCUT2D eigenvalue weighted by Gasteiger charge is -2.27. The maximum absolute atomic E-state index is 11.1. The third-order valence-electron chi connectivity index (χ3n) is 5.80. The Morgan fingerprint density at radius 1 is 1.21 bits per heavy atom. The predicted octanol–water partition coefficient (Wildman–Crippen LogP) is 3.82. The van der Waals surface area contributed by atoms with Gasteiger partial charge in [0.15, 0.2) is 0 Å². The lowest BCUT2D eigenvalue weighted by Crippen LogP contribution is -2.27. The summed E-state index contributed by atoms with van der Waals surface area (Å²) in [5.74, 6) is 0.177. The van der Waals surface area contributed by atoms with Gasteiger partial charge in [0.25, 0.3) is 0 Å². The predicted molar refractivity (Wildman–Crippen MR) is 115 cm³/mol. The first kappa shape index (κ1) is 25.2. The molecule has 0 aromatic rings. The minimum Gasteiger partial charge on any atom is -0.468 e. The Balaban J connectivity index is 2.44. The van der Waals surface area contributed by atoms with Crippen LogP contribution in [0.15, 0.2) is 24.1 Å². The maximum atomic E-state index is 11.1. The van der Waals surface area contributed by atoms with Crippen LogP contribution >= 0.6 is 11.8 Å². The normalized spacial score (nSPS) is 27.0. The van der Waals surface area contributed by atoms with E-state index < -0.39 is 17.8 Å². The molecule has 5 nitrogen and oxygen atoms in total. The van der Waals surface area contributed by atoms with Gasteiger partial charge in [0.1, 0.15) is 0 Å². The Kier molecular flexibility index (Phi) is 12.1. The summed E-state index contributed by atoms with van der Waals surface area (Å²) in [5, 5.41) is 33.2. The number of carbonyl (C=O) groups excluding carboxylic acids is 1. The van der Waals surface area contributed by atoms with Gasteiger partial charge in [-0.2, -0.15) is 0 Å². The van der Waals surface area contributed by atoms with E-state index in [2.05, 4.69) is 18.2 Å².